The number of carbonyl (C=O) groups excluding carboxylic acids is 2. The molecule has 0 saturated carbocycles. The molecule has 4 heterocycles. The highest BCUT2D eigenvalue weighted by molar-refractivity contribution is 9.10. The van der Waals surface area contributed by atoms with E-state index in [9.17, 15) is 9.59 Å². The Morgan fingerprint density at radius 2 is 2.19 bits per heavy atom. The van der Waals surface area contributed by atoms with Crippen LogP contribution in [0, 0.1) is 0 Å². The van der Waals surface area contributed by atoms with Crippen molar-refractivity contribution in [3.63, 3.8) is 0 Å². The predicted octanol–water partition coefficient (Wildman–Crippen LogP) is 3.22. The van der Waals surface area contributed by atoms with Gasteiger partial charge in [0, 0.05) is 28.3 Å². The van der Waals surface area contributed by atoms with Crippen molar-refractivity contribution in [3.05, 3.63) is 45.3 Å². The number of piperazine rings is 1. The molecule has 0 atom stereocenters. The highest BCUT2D eigenvalue weighted by Crippen LogP contribution is 2.32. The van der Waals surface area contributed by atoms with Crippen LogP contribution in [0.3, 0.4) is 0 Å². The topological polar surface area (TPSA) is 87.2 Å². The number of rotatable bonds is 4. The molecule has 1 aliphatic rings. The molecule has 3 aromatic heterocycles. The van der Waals surface area contributed by atoms with Gasteiger partial charge in [0.15, 0.2) is 0 Å². The Kier molecular flexibility index (Phi) is 5.19. The molecule has 0 radical (unpaired) electrons. The molecule has 2 N–H and O–H groups in total. The van der Waals surface area contributed by atoms with E-state index >= 15 is 0 Å². The molecule has 7 nitrogen and oxygen atoms in total. The second kappa shape index (κ2) is 7.75. The van der Waals surface area contributed by atoms with Gasteiger partial charge in [-0.1, -0.05) is 0 Å². The van der Waals surface area contributed by atoms with Crippen LogP contribution in [0.5, 0.6) is 0 Å². The molecule has 4 rings (SSSR count). The van der Waals surface area contributed by atoms with Crippen LogP contribution < -0.4 is 15.5 Å². The van der Waals surface area contributed by atoms with Crippen LogP contribution in [0.1, 0.15) is 10.5 Å². The van der Waals surface area contributed by atoms with Gasteiger partial charge in [-0.3, -0.25) is 9.59 Å². The summed E-state index contributed by atoms with van der Waals surface area (Å²) in [5, 5.41) is 10.1. The Hall–Kier alpha value is -2.30. The van der Waals surface area contributed by atoms with Gasteiger partial charge in [0.25, 0.3) is 5.91 Å². The largest absolute Gasteiger partial charge is 0.353 e. The van der Waals surface area contributed by atoms with Crippen LogP contribution in [-0.2, 0) is 4.79 Å². The normalized spacial score (nSPS) is 14.1. The number of pyridine rings is 1. The molecular weight excluding hydrogens is 450 g/mol. The van der Waals surface area contributed by atoms with Gasteiger partial charge < -0.3 is 15.5 Å². The first-order valence-electron chi connectivity index (χ1n) is 8.07. The van der Waals surface area contributed by atoms with Crippen molar-refractivity contribution in [3.8, 4) is 9.88 Å². The minimum Gasteiger partial charge on any atom is -0.353 e. The van der Waals surface area contributed by atoms with Crippen molar-refractivity contribution in [2.24, 2.45) is 0 Å². The van der Waals surface area contributed by atoms with E-state index in [2.05, 4.69) is 36.5 Å². The van der Waals surface area contributed by atoms with E-state index in [1.54, 1.807) is 35.0 Å². The number of hydrogen-bond donors (Lipinski definition) is 2. The number of thiophene rings is 1. The summed E-state index contributed by atoms with van der Waals surface area (Å²) in [6.07, 6.45) is 1.59. The number of anilines is 2. The van der Waals surface area contributed by atoms with Gasteiger partial charge in [0.2, 0.25) is 5.91 Å². The smallest absolute Gasteiger partial charge is 0.275 e. The van der Waals surface area contributed by atoms with E-state index in [0.717, 1.165) is 14.4 Å². The van der Waals surface area contributed by atoms with Crippen molar-refractivity contribution in [2.75, 3.05) is 29.9 Å². The average molecular weight is 464 g/mol. The van der Waals surface area contributed by atoms with Crippen LogP contribution in [-0.4, -0.2) is 41.4 Å². The van der Waals surface area contributed by atoms with Crippen LogP contribution in [0.4, 0.5) is 11.5 Å². The van der Waals surface area contributed by atoms with Crippen LogP contribution in [0.25, 0.3) is 9.88 Å². The molecule has 0 unspecified atom stereocenters. The van der Waals surface area contributed by atoms with Crippen LogP contribution >= 0.6 is 38.6 Å². The fourth-order valence-corrected chi connectivity index (χ4v) is 4.90. The average Bonchev–Trinajstić information content (AvgIpc) is 3.31. The first-order chi connectivity index (χ1) is 13.1. The Morgan fingerprint density at radius 1 is 1.30 bits per heavy atom. The zero-order valence-electron chi connectivity index (χ0n) is 13.9. The molecule has 1 aliphatic heterocycles. The van der Waals surface area contributed by atoms with Crippen molar-refractivity contribution in [1.82, 2.24) is 15.3 Å². The summed E-state index contributed by atoms with van der Waals surface area (Å²) in [4.78, 5) is 35.6. The third-order valence-electron chi connectivity index (χ3n) is 3.88. The SMILES string of the molecule is O=C1CN(c2ccc(NC(=O)c3csc(-c4cc(Br)cs4)n3)cn2)CCN1. The van der Waals surface area contributed by atoms with E-state index in [1.165, 1.54) is 11.3 Å². The summed E-state index contributed by atoms with van der Waals surface area (Å²) in [5.74, 6) is 0.416. The maximum atomic E-state index is 12.4. The van der Waals surface area contributed by atoms with E-state index in [1.807, 2.05) is 16.3 Å². The Labute approximate surface area is 171 Å². The number of aromatic nitrogens is 2. The summed E-state index contributed by atoms with van der Waals surface area (Å²) in [7, 11) is 0. The molecule has 1 fully saturated rings. The summed E-state index contributed by atoms with van der Waals surface area (Å²) < 4.78 is 1.00. The highest BCUT2D eigenvalue weighted by atomic mass is 79.9. The fraction of sp³-hybridized carbons (Fsp3) is 0.176. The quantitative estimate of drug-likeness (QED) is 0.619. The van der Waals surface area contributed by atoms with Crippen LogP contribution in [0.2, 0.25) is 0 Å². The molecule has 138 valence electrons. The zero-order chi connectivity index (χ0) is 18.8. The first kappa shape index (κ1) is 18.1. The molecule has 1 saturated heterocycles. The van der Waals surface area contributed by atoms with Gasteiger partial charge in [-0.05, 0) is 34.1 Å². The van der Waals surface area contributed by atoms with E-state index < -0.39 is 0 Å². The minimum atomic E-state index is -0.278. The van der Waals surface area contributed by atoms with Gasteiger partial charge in [-0.2, -0.15) is 0 Å². The molecule has 3 aromatic rings. The minimum absolute atomic E-state index is 0.0162. The lowest BCUT2D eigenvalue weighted by Gasteiger charge is -2.27. The lowest BCUT2D eigenvalue weighted by Crippen LogP contribution is -2.48. The summed E-state index contributed by atoms with van der Waals surface area (Å²) in [6, 6.07) is 5.55. The Bertz CT molecular complexity index is 985. The standard InChI is InChI=1S/C17H14BrN5O2S2/c18-10-5-13(26-8-10)17-22-12(9-27-17)16(25)21-11-1-2-14(20-6-11)23-4-3-19-15(24)7-23/h1-2,5-6,8-9H,3-4,7H2,(H,19,24)(H,21,25). The van der Waals surface area contributed by atoms with E-state index in [4.69, 9.17) is 0 Å². The summed E-state index contributed by atoms with van der Waals surface area (Å²) in [5.41, 5.74) is 0.954. The van der Waals surface area contributed by atoms with Gasteiger partial charge in [-0.15, -0.1) is 22.7 Å². The molecule has 0 spiro atoms. The van der Waals surface area contributed by atoms with Crippen LogP contribution in [0.15, 0.2) is 39.6 Å². The van der Waals surface area contributed by atoms with Gasteiger partial charge in [0.1, 0.15) is 16.5 Å². The molecule has 27 heavy (non-hydrogen) atoms. The van der Waals surface area contributed by atoms with Crippen molar-refractivity contribution in [2.45, 2.75) is 0 Å². The van der Waals surface area contributed by atoms with E-state index in [-0.39, 0.29) is 11.8 Å². The second-order valence-corrected chi connectivity index (χ2v) is 8.48. The van der Waals surface area contributed by atoms with E-state index in [0.29, 0.717) is 36.8 Å². The number of amides is 2. The second-order valence-electron chi connectivity index (χ2n) is 5.80. The molecule has 0 aromatic carbocycles. The number of carbonyl (C=O) groups is 2. The first-order valence-corrected chi connectivity index (χ1v) is 10.6. The number of thiazole rings is 1. The maximum Gasteiger partial charge on any atom is 0.275 e. The van der Waals surface area contributed by atoms with Crippen molar-refractivity contribution >= 4 is 61.9 Å². The monoisotopic (exact) mass is 463 g/mol. The summed E-state index contributed by atoms with van der Waals surface area (Å²) >= 11 is 6.43. The third kappa shape index (κ3) is 4.18. The Morgan fingerprint density at radius 3 is 2.89 bits per heavy atom. The van der Waals surface area contributed by atoms with Crippen molar-refractivity contribution in [1.29, 1.82) is 0 Å². The predicted molar refractivity (Wildman–Crippen MR) is 111 cm³/mol. The Balaban J connectivity index is 1.42. The lowest BCUT2D eigenvalue weighted by molar-refractivity contribution is -0.120. The maximum absolute atomic E-state index is 12.4. The molecule has 2 amide bonds. The number of nitrogens with one attached hydrogen (secondary N) is 2. The molecule has 0 aliphatic carbocycles. The number of halogens is 1. The molecule has 0 bridgehead atoms. The zero-order valence-corrected chi connectivity index (χ0v) is 17.2. The number of hydrogen-bond acceptors (Lipinski definition) is 7. The number of nitrogens with zero attached hydrogens (tertiary/aromatic N) is 3. The lowest BCUT2D eigenvalue weighted by atomic mass is 10.3. The third-order valence-corrected chi connectivity index (χ3v) is 6.59. The van der Waals surface area contributed by atoms with Gasteiger partial charge in [-0.25, -0.2) is 9.97 Å². The summed E-state index contributed by atoms with van der Waals surface area (Å²) in [6.45, 7) is 1.61. The molecular formula is C17H14BrN5O2S2. The fourth-order valence-electron chi connectivity index (χ4n) is 2.59. The molecule has 10 heteroatoms. The van der Waals surface area contributed by atoms with Gasteiger partial charge in [0.05, 0.1) is 23.3 Å². The highest BCUT2D eigenvalue weighted by Gasteiger charge is 2.18. The van der Waals surface area contributed by atoms with Gasteiger partial charge >= 0.3 is 0 Å². The van der Waals surface area contributed by atoms with Crippen molar-refractivity contribution < 1.29 is 9.59 Å².